The lowest BCUT2D eigenvalue weighted by Gasteiger charge is -2.20. The number of nitrogens with two attached hydrogens (primary N) is 1. The third-order valence-electron chi connectivity index (χ3n) is 3.78. The molecule has 1 aromatic rings. The minimum atomic E-state index is -3.77. The molecule has 1 fully saturated rings. The fourth-order valence-corrected chi connectivity index (χ4v) is 3.45. The Bertz CT molecular complexity index is 619. The van der Waals surface area contributed by atoms with E-state index in [9.17, 15) is 17.2 Å². The van der Waals surface area contributed by atoms with Crippen molar-refractivity contribution in [3.63, 3.8) is 0 Å². The van der Waals surface area contributed by atoms with Crippen LogP contribution in [0.3, 0.4) is 0 Å². The van der Waals surface area contributed by atoms with Gasteiger partial charge < -0.3 is 5.73 Å². The van der Waals surface area contributed by atoms with Crippen molar-refractivity contribution in [3.8, 4) is 0 Å². The van der Waals surface area contributed by atoms with Gasteiger partial charge in [-0.05, 0) is 38.1 Å². The third kappa shape index (κ3) is 2.84. The number of hydrogen-bond donors (Lipinski definition) is 1. The monoisotopic (exact) mass is 304 g/mol. The number of likely N-dealkylation sites (tertiary alicyclic amines) is 1. The summed E-state index contributed by atoms with van der Waals surface area (Å²) in [6.45, 7) is 1.21. The number of rotatable bonds is 3. The molecule has 7 heteroatoms. The van der Waals surface area contributed by atoms with Gasteiger partial charge >= 0.3 is 0 Å². The fourth-order valence-electron chi connectivity index (χ4n) is 2.72. The van der Waals surface area contributed by atoms with Crippen LogP contribution in [0.25, 0.3) is 0 Å². The second kappa shape index (κ2) is 5.38. The molecule has 1 heterocycles. The molecule has 20 heavy (non-hydrogen) atoms. The van der Waals surface area contributed by atoms with Crippen LogP contribution in [0.4, 0.5) is 8.78 Å². The SMILES string of the molecule is CN1CC(CN)CC1c1cc(F)c(S(C)(=O)=O)cc1F. The van der Waals surface area contributed by atoms with Gasteiger partial charge in [0.2, 0.25) is 0 Å². The molecule has 2 rings (SSSR count). The highest BCUT2D eigenvalue weighted by atomic mass is 32.2. The minimum absolute atomic E-state index is 0.188. The average molecular weight is 304 g/mol. The van der Waals surface area contributed by atoms with Crippen molar-refractivity contribution >= 4 is 9.84 Å². The van der Waals surface area contributed by atoms with Gasteiger partial charge in [-0.3, -0.25) is 4.90 Å². The molecule has 0 radical (unpaired) electrons. The standard InChI is InChI=1S/C13H18F2N2O2S/c1-17-7-8(6-16)3-12(17)9-4-11(15)13(5-10(9)14)20(2,18)19/h4-5,8,12H,3,6-7,16H2,1-2H3. The van der Waals surface area contributed by atoms with Crippen molar-refractivity contribution in [2.24, 2.45) is 11.7 Å². The first-order valence-corrected chi connectivity index (χ1v) is 8.22. The lowest BCUT2D eigenvalue weighted by Crippen LogP contribution is -2.21. The summed E-state index contributed by atoms with van der Waals surface area (Å²) in [6, 6.07) is 1.49. The van der Waals surface area contributed by atoms with Crippen LogP contribution >= 0.6 is 0 Å². The topological polar surface area (TPSA) is 63.4 Å². The molecule has 1 saturated heterocycles. The Hall–Kier alpha value is -1.05. The van der Waals surface area contributed by atoms with E-state index in [0.717, 1.165) is 24.9 Å². The summed E-state index contributed by atoms with van der Waals surface area (Å²) in [5, 5.41) is 0. The molecule has 2 atom stereocenters. The summed E-state index contributed by atoms with van der Waals surface area (Å²) in [7, 11) is -1.95. The Kier molecular flexibility index (Phi) is 4.13. The molecule has 0 aliphatic carbocycles. The van der Waals surface area contributed by atoms with Crippen LogP contribution in [0.15, 0.2) is 17.0 Å². The van der Waals surface area contributed by atoms with E-state index in [2.05, 4.69) is 0 Å². The molecule has 0 aromatic heterocycles. The molecule has 1 aliphatic heterocycles. The van der Waals surface area contributed by atoms with Crippen molar-refractivity contribution in [2.45, 2.75) is 17.4 Å². The number of nitrogens with zero attached hydrogens (tertiary/aromatic N) is 1. The first-order valence-electron chi connectivity index (χ1n) is 6.33. The Morgan fingerprint density at radius 2 is 2.00 bits per heavy atom. The van der Waals surface area contributed by atoms with Crippen LogP contribution in [0.5, 0.6) is 0 Å². The zero-order chi connectivity index (χ0) is 15.1. The van der Waals surface area contributed by atoms with Crippen LogP contribution < -0.4 is 5.73 Å². The molecule has 0 bridgehead atoms. The molecule has 0 saturated carbocycles. The number of sulfone groups is 1. The molecule has 1 aromatic carbocycles. The molecule has 2 unspecified atom stereocenters. The number of halogens is 2. The maximum Gasteiger partial charge on any atom is 0.178 e. The van der Waals surface area contributed by atoms with Crippen molar-refractivity contribution in [1.82, 2.24) is 4.90 Å². The van der Waals surface area contributed by atoms with E-state index in [4.69, 9.17) is 5.73 Å². The molecule has 112 valence electrons. The Labute approximate surface area is 117 Å². The zero-order valence-corrected chi connectivity index (χ0v) is 12.3. The van der Waals surface area contributed by atoms with Gasteiger partial charge in [0.05, 0.1) is 0 Å². The highest BCUT2D eigenvalue weighted by Crippen LogP contribution is 2.36. The highest BCUT2D eigenvalue weighted by Gasteiger charge is 2.32. The molecule has 0 spiro atoms. The normalized spacial score (nSPS) is 24.2. The van der Waals surface area contributed by atoms with Gasteiger partial charge in [0.25, 0.3) is 0 Å². The zero-order valence-electron chi connectivity index (χ0n) is 11.4. The molecule has 1 aliphatic rings. The molecular weight excluding hydrogens is 286 g/mol. The Morgan fingerprint density at radius 1 is 1.35 bits per heavy atom. The maximum absolute atomic E-state index is 14.1. The van der Waals surface area contributed by atoms with E-state index < -0.39 is 26.4 Å². The predicted octanol–water partition coefficient (Wildman–Crippen LogP) is 1.32. The van der Waals surface area contributed by atoms with Crippen LogP contribution in [0.2, 0.25) is 0 Å². The predicted molar refractivity (Wildman–Crippen MR) is 72.0 cm³/mol. The van der Waals surface area contributed by atoms with Gasteiger partial charge in [-0.2, -0.15) is 0 Å². The van der Waals surface area contributed by atoms with Crippen LogP contribution in [-0.4, -0.2) is 39.7 Å². The molecule has 0 amide bonds. The van der Waals surface area contributed by atoms with Crippen LogP contribution in [-0.2, 0) is 9.84 Å². The quantitative estimate of drug-likeness (QED) is 0.915. The van der Waals surface area contributed by atoms with Crippen LogP contribution in [0.1, 0.15) is 18.0 Å². The molecule has 4 nitrogen and oxygen atoms in total. The smallest absolute Gasteiger partial charge is 0.178 e. The van der Waals surface area contributed by atoms with Crippen molar-refractivity contribution in [1.29, 1.82) is 0 Å². The number of benzene rings is 1. The van der Waals surface area contributed by atoms with E-state index in [1.165, 1.54) is 0 Å². The average Bonchev–Trinajstić information content (AvgIpc) is 2.71. The fraction of sp³-hybridized carbons (Fsp3) is 0.538. The Balaban J connectivity index is 2.42. The van der Waals surface area contributed by atoms with Crippen molar-refractivity contribution in [3.05, 3.63) is 29.3 Å². The second-order valence-electron chi connectivity index (χ2n) is 5.37. The highest BCUT2D eigenvalue weighted by molar-refractivity contribution is 7.90. The third-order valence-corrected chi connectivity index (χ3v) is 4.89. The van der Waals surface area contributed by atoms with Gasteiger partial charge in [0.1, 0.15) is 16.5 Å². The second-order valence-corrected chi connectivity index (χ2v) is 7.35. The van der Waals surface area contributed by atoms with Gasteiger partial charge in [0, 0.05) is 24.4 Å². The summed E-state index contributed by atoms with van der Waals surface area (Å²) in [5.74, 6) is -1.36. The first kappa shape index (κ1) is 15.3. The summed E-state index contributed by atoms with van der Waals surface area (Å²) < 4.78 is 50.8. The van der Waals surface area contributed by atoms with Crippen molar-refractivity contribution in [2.75, 3.05) is 26.4 Å². The van der Waals surface area contributed by atoms with E-state index in [-0.39, 0.29) is 17.5 Å². The minimum Gasteiger partial charge on any atom is -0.330 e. The van der Waals surface area contributed by atoms with E-state index in [0.29, 0.717) is 13.0 Å². The lowest BCUT2D eigenvalue weighted by atomic mass is 9.99. The summed E-state index contributed by atoms with van der Waals surface area (Å²) in [4.78, 5) is 1.31. The van der Waals surface area contributed by atoms with Crippen molar-refractivity contribution < 1.29 is 17.2 Å². The van der Waals surface area contributed by atoms with E-state index >= 15 is 0 Å². The summed E-state index contributed by atoms with van der Waals surface area (Å²) >= 11 is 0. The van der Waals surface area contributed by atoms with E-state index in [1.54, 1.807) is 0 Å². The van der Waals surface area contributed by atoms with Gasteiger partial charge in [0.15, 0.2) is 9.84 Å². The molecule has 2 N–H and O–H groups in total. The Morgan fingerprint density at radius 3 is 2.50 bits per heavy atom. The van der Waals surface area contributed by atoms with Gasteiger partial charge in [-0.1, -0.05) is 0 Å². The summed E-state index contributed by atoms with van der Waals surface area (Å²) in [5.41, 5.74) is 5.80. The molecular formula is C13H18F2N2O2S. The van der Waals surface area contributed by atoms with Gasteiger partial charge in [-0.15, -0.1) is 0 Å². The summed E-state index contributed by atoms with van der Waals surface area (Å²) in [6.07, 6.45) is 1.50. The van der Waals surface area contributed by atoms with Gasteiger partial charge in [-0.25, -0.2) is 17.2 Å². The van der Waals surface area contributed by atoms with E-state index in [1.807, 2.05) is 11.9 Å². The van der Waals surface area contributed by atoms with Crippen LogP contribution in [0, 0.1) is 17.6 Å². The largest absolute Gasteiger partial charge is 0.330 e. The first-order chi connectivity index (χ1) is 9.24. The lowest BCUT2D eigenvalue weighted by molar-refractivity contribution is 0.305. The maximum atomic E-state index is 14.1. The number of hydrogen-bond acceptors (Lipinski definition) is 4.